The van der Waals surface area contributed by atoms with Crippen LogP contribution >= 0.6 is 0 Å². The molecular weight excluding hydrogens is 264 g/mol. The smallest absolute Gasteiger partial charge is 0.150 e. The summed E-state index contributed by atoms with van der Waals surface area (Å²) >= 11 is 0. The van der Waals surface area contributed by atoms with E-state index < -0.39 is 0 Å². The average Bonchev–Trinajstić information content (AvgIpc) is 2.81. The van der Waals surface area contributed by atoms with Gasteiger partial charge in [-0.05, 0) is 52.3 Å². The fraction of sp³-hybridized carbons (Fsp3) is 0.471. The zero-order valence-corrected chi connectivity index (χ0v) is 13.4. The minimum absolute atomic E-state index is 0.171. The van der Waals surface area contributed by atoms with Gasteiger partial charge in [0, 0.05) is 12.1 Å². The SMILES string of the molecule is Cc1cc(CN[C@@H](C)c2ccc(OC(C)(C)C)cc2)on1. The predicted molar refractivity (Wildman–Crippen MR) is 83.3 cm³/mol. The minimum Gasteiger partial charge on any atom is -0.488 e. The fourth-order valence-electron chi connectivity index (χ4n) is 2.05. The van der Waals surface area contributed by atoms with Crippen molar-refractivity contribution in [1.29, 1.82) is 0 Å². The number of benzene rings is 1. The largest absolute Gasteiger partial charge is 0.488 e. The monoisotopic (exact) mass is 288 g/mol. The van der Waals surface area contributed by atoms with Gasteiger partial charge in [0.15, 0.2) is 5.76 Å². The van der Waals surface area contributed by atoms with Gasteiger partial charge in [-0.2, -0.15) is 0 Å². The van der Waals surface area contributed by atoms with Crippen molar-refractivity contribution >= 4 is 0 Å². The average molecular weight is 288 g/mol. The first-order valence-electron chi connectivity index (χ1n) is 7.28. The number of hydrogen-bond donors (Lipinski definition) is 1. The summed E-state index contributed by atoms with van der Waals surface area (Å²) in [5.74, 6) is 1.75. The first-order valence-corrected chi connectivity index (χ1v) is 7.28. The second-order valence-corrected chi connectivity index (χ2v) is 6.32. The lowest BCUT2D eigenvalue weighted by molar-refractivity contribution is 0.131. The van der Waals surface area contributed by atoms with E-state index in [1.807, 2.05) is 45.9 Å². The zero-order chi connectivity index (χ0) is 15.5. The molecule has 114 valence electrons. The molecule has 21 heavy (non-hydrogen) atoms. The number of rotatable bonds is 5. The molecule has 0 aliphatic heterocycles. The Morgan fingerprint density at radius 2 is 1.90 bits per heavy atom. The summed E-state index contributed by atoms with van der Waals surface area (Å²) in [4.78, 5) is 0. The molecule has 0 bridgehead atoms. The second kappa shape index (κ2) is 6.31. The van der Waals surface area contributed by atoms with E-state index in [1.165, 1.54) is 5.56 Å². The van der Waals surface area contributed by atoms with Crippen LogP contribution in [-0.4, -0.2) is 10.8 Å². The Labute approximate surface area is 126 Å². The molecule has 4 heteroatoms. The number of aryl methyl sites for hydroxylation is 1. The van der Waals surface area contributed by atoms with E-state index in [4.69, 9.17) is 9.26 Å². The molecule has 0 aliphatic rings. The molecule has 0 amide bonds. The van der Waals surface area contributed by atoms with Crippen LogP contribution in [0.1, 0.15) is 50.8 Å². The highest BCUT2D eigenvalue weighted by Crippen LogP contribution is 2.21. The van der Waals surface area contributed by atoms with Crippen LogP contribution in [0.4, 0.5) is 0 Å². The summed E-state index contributed by atoms with van der Waals surface area (Å²) in [7, 11) is 0. The van der Waals surface area contributed by atoms with Crippen LogP contribution in [0, 0.1) is 6.92 Å². The Hall–Kier alpha value is -1.81. The third-order valence-corrected chi connectivity index (χ3v) is 3.06. The zero-order valence-electron chi connectivity index (χ0n) is 13.4. The van der Waals surface area contributed by atoms with Crippen LogP contribution in [0.15, 0.2) is 34.9 Å². The van der Waals surface area contributed by atoms with Crippen molar-refractivity contribution in [3.8, 4) is 5.75 Å². The molecule has 2 aromatic rings. The molecule has 1 aromatic carbocycles. The highest BCUT2D eigenvalue weighted by Gasteiger charge is 2.12. The van der Waals surface area contributed by atoms with Crippen molar-refractivity contribution in [2.45, 2.75) is 52.8 Å². The molecule has 2 rings (SSSR count). The third-order valence-electron chi connectivity index (χ3n) is 3.06. The van der Waals surface area contributed by atoms with E-state index in [2.05, 4.69) is 29.5 Å². The minimum atomic E-state index is -0.171. The van der Waals surface area contributed by atoms with Gasteiger partial charge in [-0.3, -0.25) is 0 Å². The van der Waals surface area contributed by atoms with Gasteiger partial charge in [0.25, 0.3) is 0 Å². The van der Waals surface area contributed by atoms with Gasteiger partial charge in [0.1, 0.15) is 11.4 Å². The van der Waals surface area contributed by atoms with Gasteiger partial charge in [0.2, 0.25) is 0 Å². The van der Waals surface area contributed by atoms with Crippen molar-refractivity contribution < 1.29 is 9.26 Å². The number of hydrogen-bond acceptors (Lipinski definition) is 4. The maximum Gasteiger partial charge on any atom is 0.150 e. The van der Waals surface area contributed by atoms with Gasteiger partial charge < -0.3 is 14.6 Å². The van der Waals surface area contributed by atoms with Crippen LogP contribution in [-0.2, 0) is 6.54 Å². The molecule has 0 unspecified atom stereocenters. The highest BCUT2D eigenvalue weighted by molar-refractivity contribution is 5.29. The molecule has 1 N–H and O–H groups in total. The number of aromatic nitrogens is 1. The lowest BCUT2D eigenvalue weighted by atomic mass is 10.1. The van der Waals surface area contributed by atoms with Gasteiger partial charge >= 0.3 is 0 Å². The van der Waals surface area contributed by atoms with E-state index in [-0.39, 0.29) is 11.6 Å². The second-order valence-electron chi connectivity index (χ2n) is 6.32. The number of nitrogens with zero attached hydrogens (tertiary/aromatic N) is 1. The van der Waals surface area contributed by atoms with Crippen molar-refractivity contribution in [2.75, 3.05) is 0 Å². The van der Waals surface area contributed by atoms with Crippen molar-refractivity contribution in [3.05, 3.63) is 47.3 Å². The topological polar surface area (TPSA) is 47.3 Å². The molecule has 1 aromatic heterocycles. The summed E-state index contributed by atoms with van der Waals surface area (Å²) in [6, 6.07) is 10.4. The summed E-state index contributed by atoms with van der Waals surface area (Å²) in [6.07, 6.45) is 0. The molecule has 0 radical (unpaired) electrons. The lowest BCUT2D eigenvalue weighted by Gasteiger charge is -2.21. The third kappa shape index (κ3) is 4.90. The van der Waals surface area contributed by atoms with E-state index in [1.54, 1.807) is 0 Å². The molecule has 1 heterocycles. The van der Waals surface area contributed by atoms with Crippen molar-refractivity contribution in [2.24, 2.45) is 0 Å². The number of nitrogens with one attached hydrogen (secondary N) is 1. The van der Waals surface area contributed by atoms with Crippen LogP contribution in [0.3, 0.4) is 0 Å². The molecular formula is C17H24N2O2. The standard InChI is InChI=1S/C17H24N2O2/c1-12-10-16(21-19-12)11-18-13(2)14-6-8-15(9-7-14)20-17(3,4)5/h6-10,13,18H,11H2,1-5H3/t13-/m0/s1. The Morgan fingerprint density at radius 3 is 2.43 bits per heavy atom. The van der Waals surface area contributed by atoms with Crippen LogP contribution in [0.2, 0.25) is 0 Å². The molecule has 0 saturated carbocycles. The highest BCUT2D eigenvalue weighted by atomic mass is 16.5. The summed E-state index contributed by atoms with van der Waals surface area (Å²) < 4.78 is 11.0. The normalized spacial score (nSPS) is 13.2. The molecule has 0 aliphatic carbocycles. The Morgan fingerprint density at radius 1 is 1.24 bits per heavy atom. The fourth-order valence-corrected chi connectivity index (χ4v) is 2.05. The van der Waals surface area contributed by atoms with Crippen LogP contribution < -0.4 is 10.1 Å². The lowest BCUT2D eigenvalue weighted by Crippen LogP contribution is -2.23. The van der Waals surface area contributed by atoms with Crippen molar-refractivity contribution in [1.82, 2.24) is 10.5 Å². The van der Waals surface area contributed by atoms with Gasteiger partial charge in [0.05, 0.1) is 12.2 Å². The first kappa shape index (κ1) is 15.6. The Bertz CT molecular complexity index is 567. The van der Waals surface area contributed by atoms with E-state index in [0.717, 1.165) is 17.2 Å². The summed E-state index contributed by atoms with van der Waals surface area (Å²) in [5, 5.41) is 7.30. The van der Waals surface area contributed by atoms with Gasteiger partial charge in [-0.25, -0.2) is 0 Å². The van der Waals surface area contributed by atoms with E-state index >= 15 is 0 Å². The van der Waals surface area contributed by atoms with Gasteiger partial charge in [-0.15, -0.1) is 0 Å². The van der Waals surface area contributed by atoms with Crippen molar-refractivity contribution in [3.63, 3.8) is 0 Å². The molecule has 0 saturated heterocycles. The van der Waals surface area contributed by atoms with Crippen LogP contribution in [0.5, 0.6) is 5.75 Å². The Balaban J connectivity index is 1.91. The first-order chi connectivity index (χ1) is 9.83. The molecule has 0 fully saturated rings. The van der Waals surface area contributed by atoms with Crippen LogP contribution in [0.25, 0.3) is 0 Å². The molecule has 4 nitrogen and oxygen atoms in total. The maximum absolute atomic E-state index is 5.82. The summed E-state index contributed by atoms with van der Waals surface area (Å²) in [6.45, 7) is 10.9. The predicted octanol–water partition coefficient (Wildman–Crippen LogP) is 4.01. The number of ether oxygens (including phenoxy) is 1. The van der Waals surface area contributed by atoms with Gasteiger partial charge in [-0.1, -0.05) is 17.3 Å². The summed E-state index contributed by atoms with van der Waals surface area (Å²) in [5.41, 5.74) is 1.95. The van der Waals surface area contributed by atoms with E-state index in [0.29, 0.717) is 6.54 Å². The Kier molecular flexibility index (Phi) is 4.68. The quantitative estimate of drug-likeness (QED) is 0.903. The molecule has 1 atom stereocenters. The molecule has 0 spiro atoms. The maximum atomic E-state index is 5.82. The van der Waals surface area contributed by atoms with E-state index in [9.17, 15) is 0 Å².